The molecule has 0 radical (unpaired) electrons. The van der Waals surface area contributed by atoms with Crippen LogP contribution in [0, 0.1) is 5.41 Å². The lowest BCUT2D eigenvalue weighted by atomic mass is 10.1. The molecule has 98 valence electrons. The Morgan fingerprint density at radius 2 is 2.33 bits per heavy atom. The number of hydrogen-bond acceptors (Lipinski definition) is 4. The van der Waals surface area contributed by atoms with Gasteiger partial charge in [-0.1, -0.05) is 6.92 Å². The minimum absolute atomic E-state index is 0.0251. The first-order valence-electron chi connectivity index (χ1n) is 6.41. The van der Waals surface area contributed by atoms with Gasteiger partial charge in [-0.25, -0.2) is 0 Å². The second-order valence-electron chi connectivity index (χ2n) is 4.74. The summed E-state index contributed by atoms with van der Waals surface area (Å²) < 4.78 is 0. The van der Waals surface area contributed by atoms with Gasteiger partial charge in [0.25, 0.3) is 0 Å². The summed E-state index contributed by atoms with van der Waals surface area (Å²) in [7, 11) is 0. The Morgan fingerprint density at radius 1 is 1.56 bits per heavy atom. The Balaban J connectivity index is 2.13. The highest BCUT2D eigenvalue weighted by molar-refractivity contribution is 5.93. The van der Waals surface area contributed by atoms with Crippen molar-refractivity contribution in [3.05, 3.63) is 24.0 Å². The Morgan fingerprint density at radius 3 is 2.94 bits per heavy atom. The Hall–Kier alpha value is -1.62. The predicted octanol–water partition coefficient (Wildman–Crippen LogP) is 0.896. The molecule has 18 heavy (non-hydrogen) atoms. The second kappa shape index (κ2) is 5.35. The van der Waals surface area contributed by atoms with Crippen molar-refractivity contribution in [2.75, 3.05) is 31.1 Å². The standard InChI is InChI=1S/C13H21N5/c1-3-17-6-7-18(9-10(17)2)11-4-5-16-12(8-11)13(14)15/h4-5,8,10H,3,6-7,9H2,1-2H3,(H3,14,15). The van der Waals surface area contributed by atoms with Crippen LogP contribution in [0.3, 0.4) is 0 Å². The van der Waals surface area contributed by atoms with Gasteiger partial charge < -0.3 is 10.6 Å². The number of pyridine rings is 1. The molecule has 0 amide bonds. The number of aromatic nitrogens is 1. The van der Waals surface area contributed by atoms with E-state index < -0.39 is 0 Å². The average Bonchev–Trinajstić information content (AvgIpc) is 2.38. The summed E-state index contributed by atoms with van der Waals surface area (Å²) in [5, 5.41) is 7.44. The number of nitrogens with zero attached hydrogens (tertiary/aromatic N) is 3. The third kappa shape index (κ3) is 2.61. The smallest absolute Gasteiger partial charge is 0.141 e. The highest BCUT2D eigenvalue weighted by Crippen LogP contribution is 2.19. The summed E-state index contributed by atoms with van der Waals surface area (Å²) in [6.45, 7) is 8.66. The maximum atomic E-state index is 7.44. The fourth-order valence-electron chi connectivity index (χ4n) is 2.46. The zero-order valence-corrected chi connectivity index (χ0v) is 11.1. The van der Waals surface area contributed by atoms with Crippen molar-refractivity contribution in [2.45, 2.75) is 19.9 Å². The number of nitrogens with one attached hydrogen (secondary N) is 1. The van der Waals surface area contributed by atoms with Crippen molar-refractivity contribution in [3.8, 4) is 0 Å². The first-order chi connectivity index (χ1) is 8.61. The van der Waals surface area contributed by atoms with Gasteiger partial charge in [0, 0.05) is 37.6 Å². The van der Waals surface area contributed by atoms with Crippen LogP contribution in [-0.4, -0.2) is 47.9 Å². The van der Waals surface area contributed by atoms with E-state index in [-0.39, 0.29) is 5.84 Å². The number of nitrogens with two attached hydrogens (primary N) is 1. The van der Waals surface area contributed by atoms with Gasteiger partial charge in [0.05, 0.1) is 0 Å². The van der Waals surface area contributed by atoms with E-state index in [4.69, 9.17) is 11.1 Å². The van der Waals surface area contributed by atoms with Gasteiger partial charge in [-0.15, -0.1) is 0 Å². The van der Waals surface area contributed by atoms with Gasteiger partial charge in [-0.05, 0) is 25.6 Å². The van der Waals surface area contributed by atoms with Crippen LogP contribution in [-0.2, 0) is 0 Å². The van der Waals surface area contributed by atoms with Crippen molar-refractivity contribution in [1.29, 1.82) is 5.41 Å². The van der Waals surface area contributed by atoms with Gasteiger partial charge in [-0.3, -0.25) is 15.3 Å². The normalized spacial score (nSPS) is 21.0. The molecule has 1 saturated heterocycles. The molecule has 5 heteroatoms. The van der Waals surface area contributed by atoms with Gasteiger partial charge in [-0.2, -0.15) is 0 Å². The lowest BCUT2D eigenvalue weighted by molar-refractivity contribution is 0.199. The monoisotopic (exact) mass is 247 g/mol. The van der Waals surface area contributed by atoms with Crippen LogP contribution in [0.1, 0.15) is 19.5 Å². The van der Waals surface area contributed by atoms with E-state index in [1.807, 2.05) is 12.1 Å². The molecule has 0 aliphatic carbocycles. The third-order valence-corrected chi connectivity index (χ3v) is 3.56. The maximum absolute atomic E-state index is 7.44. The van der Waals surface area contributed by atoms with Gasteiger partial charge in [0.15, 0.2) is 0 Å². The van der Waals surface area contributed by atoms with Crippen molar-refractivity contribution >= 4 is 11.5 Å². The van der Waals surface area contributed by atoms with E-state index in [1.54, 1.807) is 6.20 Å². The fraction of sp³-hybridized carbons (Fsp3) is 0.538. The number of hydrogen-bond donors (Lipinski definition) is 2. The molecule has 0 saturated carbocycles. The number of piperazine rings is 1. The topological polar surface area (TPSA) is 69.2 Å². The molecule has 1 aliphatic rings. The maximum Gasteiger partial charge on any atom is 0.141 e. The fourth-order valence-corrected chi connectivity index (χ4v) is 2.46. The molecule has 1 aromatic heterocycles. The number of rotatable bonds is 3. The highest BCUT2D eigenvalue weighted by Gasteiger charge is 2.22. The molecular formula is C13H21N5. The first kappa shape index (κ1) is 12.8. The van der Waals surface area contributed by atoms with E-state index in [0.717, 1.165) is 31.9 Å². The Labute approximate surface area is 108 Å². The van der Waals surface area contributed by atoms with E-state index in [2.05, 4.69) is 28.6 Å². The molecule has 1 aromatic rings. The summed E-state index contributed by atoms with van der Waals surface area (Å²) in [4.78, 5) is 8.91. The number of nitrogen functional groups attached to an aromatic ring is 1. The van der Waals surface area contributed by atoms with E-state index in [0.29, 0.717) is 11.7 Å². The lowest BCUT2D eigenvalue weighted by Crippen LogP contribution is -2.51. The average molecular weight is 247 g/mol. The molecule has 2 rings (SSSR count). The summed E-state index contributed by atoms with van der Waals surface area (Å²) in [5.74, 6) is 0.0251. The number of amidine groups is 1. The molecule has 3 N–H and O–H groups in total. The van der Waals surface area contributed by atoms with Crippen LogP contribution in [0.15, 0.2) is 18.3 Å². The number of likely N-dealkylation sites (N-methyl/N-ethyl adjacent to an activating group) is 1. The molecule has 0 bridgehead atoms. The van der Waals surface area contributed by atoms with Crippen LogP contribution in [0.25, 0.3) is 0 Å². The zero-order valence-electron chi connectivity index (χ0n) is 11.1. The van der Waals surface area contributed by atoms with E-state index >= 15 is 0 Å². The minimum atomic E-state index is 0.0251. The molecule has 1 atom stereocenters. The molecule has 2 heterocycles. The molecule has 1 fully saturated rings. The Bertz CT molecular complexity index is 431. The van der Waals surface area contributed by atoms with Gasteiger partial charge in [0.1, 0.15) is 11.5 Å². The summed E-state index contributed by atoms with van der Waals surface area (Å²) >= 11 is 0. The summed E-state index contributed by atoms with van der Waals surface area (Å²) in [5.41, 5.74) is 7.14. The van der Waals surface area contributed by atoms with Crippen LogP contribution in [0.5, 0.6) is 0 Å². The molecule has 1 aliphatic heterocycles. The van der Waals surface area contributed by atoms with Crippen LogP contribution in [0.2, 0.25) is 0 Å². The Kier molecular flexibility index (Phi) is 3.81. The molecule has 1 unspecified atom stereocenters. The van der Waals surface area contributed by atoms with Crippen LogP contribution >= 0.6 is 0 Å². The van der Waals surface area contributed by atoms with Gasteiger partial charge in [0.2, 0.25) is 0 Å². The molecule has 0 spiro atoms. The van der Waals surface area contributed by atoms with Gasteiger partial charge >= 0.3 is 0 Å². The quantitative estimate of drug-likeness (QED) is 0.615. The van der Waals surface area contributed by atoms with Crippen molar-refractivity contribution in [3.63, 3.8) is 0 Å². The molecule has 5 nitrogen and oxygen atoms in total. The SMILES string of the molecule is CCN1CCN(c2ccnc(C(=N)N)c2)CC1C. The minimum Gasteiger partial charge on any atom is -0.382 e. The third-order valence-electron chi connectivity index (χ3n) is 3.56. The first-order valence-corrected chi connectivity index (χ1v) is 6.41. The lowest BCUT2D eigenvalue weighted by Gasteiger charge is -2.40. The van der Waals surface area contributed by atoms with Crippen LogP contribution in [0.4, 0.5) is 5.69 Å². The zero-order chi connectivity index (χ0) is 13.1. The van der Waals surface area contributed by atoms with Crippen molar-refractivity contribution in [2.24, 2.45) is 5.73 Å². The molecular weight excluding hydrogens is 226 g/mol. The summed E-state index contributed by atoms with van der Waals surface area (Å²) in [6, 6.07) is 4.44. The highest BCUT2D eigenvalue weighted by atomic mass is 15.3. The van der Waals surface area contributed by atoms with Crippen molar-refractivity contribution in [1.82, 2.24) is 9.88 Å². The summed E-state index contributed by atoms with van der Waals surface area (Å²) in [6.07, 6.45) is 1.73. The van der Waals surface area contributed by atoms with Crippen molar-refractivity contribution < 1.29 is 0 Å². The van der Waals surface area contributed by atoms with E-state index in [1.165, 1.54) is 0 Å². The number of anilines is 1. The van der Waals surface area contributed by atoms with E-state index in [9.17, 15) is 0 Å². The second-order valence-corrected chi connectivity index (χ2v) is 4.74. The molecule has 0 aromatic carbocycles. The largest absolute Gasteiger partial charge is 0.382 e. The van der Waals surface area contributed by atoms with Crippen LogP contribution < -0.4 is 10.6 Å². The predicted molar refractivity (Wildman–Crippen MR) is 74.2 cm³/mol.